The van der Waals surface area contributed by atoms with E-state index in [9.17, 15) is 0 Å². The Morgan fingerprint density at radius 3 is 2.19 bits per heavy atom. The molecule has 1 aromatic heterocycles. The summed E-state index contributed by atoms with van der Waals surface area (Å²) < 4.78 is 6.41. The van der Waals surface area contributed by atoms with Gasteiger partial charge in [-0.2, -0.15) is 0 Å². The van der Waals surface area contributed by atoms with Crippen molar-refractivity contribution in [2.45, 2.75) is 19.8 Å². The molecule has 0 N–H and O–H groups in total. The summed E-state index contributed by atoms with van der Waals surface area (Å²) in [6.07, 6.45) is 4.37. The minimum Gasteiger partial charge on any atom is -0.456 e. The Kier molecular flexibility index (Phi) is 5.27. The Hall–Kier alpha value is -5.34. The zero-order valence-corrected chi connectivity index (χ0v) is 24.0. The number of rotatable bonds is 4. The minimum absolute atomic E-state index is 0.969. The number of furan rings is 1. The van der Waals surface area contributed by atoms with Crippen LogP contribution in [-0.4, -0.2) is 0 Å². The maximum atomic E-state index is 6.41. The van der Waals surface area contributed by atoms with Crippen molar-refractivity contribution in [2.75, 3.05) is 4.90 Å². The molecule has 43 heavy (non-hydrogen) atoms. The van der Waals surface area contributed by atoms with Crippen LogP contribution in [0.3, 0.4) is 0 Å². The smallest absolute Gasteiger partial charge is 0.138 e. The molecule has 204 valence electrons. The predicted molar refractivity (Wildman–Crippen MR) is 181 cm³/mol. The number of nitrogens with zero attached hydrogens (tertiary/aromatic N) is 1. The van der Waals surface area contributed by atoms with Gasteiger partial charge in [-0.3, -0.25) is 0 Å². The highest BCUT2D eigenvalue weighted by Gasteiger charge is 2.23. The van der Waals surface area contributed by atoms with Crippen molar-refractivity contribution < 1.29 is 4.42 Å². The number of para-hydroxylation sites is 1. The fourth-order valence-corrected chi connectivity index (χ4v) is 7.17. The standard InChI is InChI=1S/C41H29NO/c1-26-7-4-10-32(25-26)42(37-24-20-30-16-15-28-8-5-9-29-19-23-36(37)40(30)39(28)29)31-21-17-27(18-22-31)33-12-6-13-35-34-11-2-3-14-38(34)43-41(33)35/h2-5,7-12,14-25H,6,13H2,1H3. The van der Waals surface area contributed by atoms with Crippen LogP contribution in [0.5, 0.6) is 0 Å². The van der Waals surface area contributed by atoms with E-state index in [-0.39, 0.29) is 0 Å². The SMILES string of the molecule is Cc1cccc(N(c2ccc(C3=CCCc4c3oc3ccccc43)cc2)c2ccc3ccc4cccc5ccc2c3c45)c1. The molecule has 0 atom stereocenters. The molecule has 0 amide bonds. The van der Waals surface area contributed by atoms with Gasteiger partial charge in [0.15, 0.2) is 0 Å². The maximum absolute atomic E-state index is 6.41. The van der Waals surface area contributed by atoms with Crippen molar-refractivity contribution in [3.8, 4) is 0 Å². The molecule has 7 aromatic carbocycles. The summed E-state index contributed by atoms with van der Waals surface area (Å²) in [5, 5.41) is 8.99. The molecule has 0 fully saturated rings. The summed E-state index contributed by atoms with van der Waals surface area (Å²) in [6, 6.07) is 46.4. The van der Waals surface area contributed by atoms with Crippen molar-refractivity contribution in [2.24, 2.45) is 0 Å². The van der Waals surface area contributed by atoms with E-state index in [0.717, 1.165) is 35.6 Å². The van der Waals surface area contributed by atoms with Crippen LogP contribution in [-0.2, 0) is 6.42 Å². The molecular formula is C41H29NO. The Morgan fingerprint density at radius 2 is 1.35 bits per heavy atom. The lowest BCUT2D eigenvalue weighted by Gasteiger charge is -2.28. The van der Waals surface area contributed by atoms with Crippen LogP contribution in [0.4, 0.5) is 17.1 Å². The quantitative estimate of drug-likeness (QED) is 0.202. The number of hydrogen-bond donors (Lipinski definition) is 0. The molecular weight excluding hydrogens is 522 g/mol. The topological polar surface area (TPSA) is 16.4 Å². The average molecular weight is 552 g/mol. The summed E-state index contributed by atoms with van der Waals surface area (Å²) in [6.45, 7) is 2.16. The zero-order valence-electron chi connectivity index (χ0n) is 24.0. The molecule has 0 bridgehead atoms. The average Bonchev–Trinajstić information content (AvgIpc) is 3.44. The number of anilines is 3. The van der Waals surface area contributed by atoms with Gasteiger partial charge in [-0.05, 0) is 94.2 Å². The van der Waals surface area contributed by atoms with Crippen LogP contribution in [0.1, 0.15) is 28.9 Å². The van der Waals surface area contributed by atoms with Crippen molar-refractivity contribution >= 4 is 65.9 Å². The molecule has 0 aliphatic heterocycles. The fourth-order valence-electron chi connectivity index (χ4n) is 7.17. The van der Waals surface area contributed by atoms with Gasteiger partial charge in [0, 0.05) is 33.3 Å². The van der Waals surface area contributed by atoms with Gasteiger partial charge in [-0.25, -0.2) is 0 Å². The number of allylic oxidation sites excluding steroid dienone is 1. The second-order valence-corrected chi connectivity index (χ2v) is 11.7. The van der Waals surface area contributed by atoms with Gasteiger partial charge < -0.3 is 9.32 Å². The van der Waals surface area contributed by atoms with Crippen LogP contribution in [0.25, 0.3) is 48.9 Å². The first-order valence-electron chi connectivity index (χ1n) is 15.1. The Balaban J connectivity index is 1.21. The van der Waals surface area contributed by atoms with Crippen LogP contribution >= 0.6 is 0 Å². The van der Waals surface area contributed by atoms with E-state index in [1.807, 2.05) is 6.07 Å². The van der Waals surface area contributed by atoms with E-state index in [1.165, 1.54) is 65.7 Å². The van der Waals surface area contributed by atoms with E-state index in [4.69, 9.17) is 4.42 Å². The van der Waals surface area contributed by atoms with Gasteiger partial charge in [0.2, 0.25) is 0 Å². The van der Waals surface area contributed by atoms with Crippen LogP contribution in [0, 0.1) is 6.92 Å². The third-order valence-corrected chi connectivity index (χ3v) is 9.13. The van der Waals surface area contributed by atoms with E-state index >= 15 is 0 Å². The molecule has 1 aliphatic carbocycles. The first-order chi connectivity index (χ1) is 21.2. The molecule has 0 spiro atoms. The molecule has 1 aliphatic rings. The van der Waals surface area contributed by atoms with Crippen molar-refractivity contribution in [3.63, 3.8) is 0 Å². The monoisotopic (exact) mass is 551 g/mol. The third kappa shape index (κ3) is 3.73. The predicted octanol–water partition coefficient (Wildman–Crippen LogP) is 11.5. The summed E-state index contributed by atoms with van der Waals surface area (Å²) in [5.41, 5.74) is 9.37. The molecule has 0 radical (unpaired) electrons. The fraction of sp³-hybridized carbons (Fsp3) is 0.0732. The largest absolute Gasteiger partial charge is 0.456 e. The first-order valence-corrected chi connectivity index (χ1v) is 15.1. The van der Waals surface area contributed by atoms with E-state index in [2.05, 4.69) is 139 Å². The molecule has 8 aromatic rings. The Bertz CT molecular complexity index is 2340. The van der Waals surface area contributed by atoms with Crippen LogP contribution in [0.15, 0.2) is 138 Å². The lowest BCUT2D eigenvalue weighted by atomic mass is 9.91. The molecule has 0 saturated heterocycles. The number of fused-ring (bicyclic) bond motifs is 3. The lowest BCUT2D eigenvalue weighted by molar-refractivity contribution is 0.591. The molecule has 2 heteroatoms. The van der Waals surface area contributed by atoms with Crippen molar-refractivity contribution in [1.29, 1.82) is 0 Å². The zero-order chi connectivity index (χ0) is 28.5. The molecule has 9 rings (SSSR count). The summed E-state index contributed by atoms with van der Waals surface area (Å²) in [4.78, 5) is 2.41. The van der Waals surface area contributed by atoms with Gasteiger partial charge in [-0.15, -0.1) is 0 Å². The van der Waals surface area contributed by atoms with Crippen molar-refractivity contribution in [1.82, 2.24) is 0 Å². The second kappa shape index (κ2) is 9.34. The summed E-state index contributed by atoms with van der Waals surface area (Å²) >= 11 is 0. The molecule has 0 saturated carbocycles. The molecule has 1 heterocycles. The lowest BCUT2D eigenvalue weighted by Crippen LogP contribution is -2.11. The Morgan fingerprint density at radius 1 is 0.605 bits per heavy atom. The molecule has 2 nitrogen and oxygen atoms in total. The highest BCUT2D eigenvalue weighted by atomic mass is 16.3. The van der Waals surface area contributed by atoms with E-state index in [1.54, 1.807) is 0 Å². The highest BCUT2D eigenvalue weighted by molar-refractivity contribution is 6.25. The number of aryl methyl sites for hydroxylation is 2. The van der Waals surface area contributed by atoms with E-state index < -0.39 is 0 Å². The van der Waals surface area contributed by atoms with Crippen LogP contribution < -0.4 is 4.90 Å². The van der Waals surface area contributed by atoms with Gasteiger partial charge in [0.1, 0.15) is 11.3 Å². The van der Waals surface area contributed by atoms with E-state index in [0.29, 0.717) is 0 Å². The minimum atomic E-state index is 0.969. The Labute approximate surface area is 250 Å². The van der Waals surface area contributed by atoms with Gasteiger partial charge >= 0.3 is 0 Å². The van der Waals surface area contributed by atoms with Gasteiger partial charge in [0.25, 0.3) is 0 Å². The van der Waals surface area contributed by atoms with Gasteiger partial charge in [-0.1, -0.05) is 97.1 Å². The summed E-state index contributed by atoms with van der Waals surface area (Å²) in [5.74, 6) is 1.02. The number of benzene rings is 7. The second-order valence-electron chi connectivity index (χ2n) is 11.7. The third-order valence-electron chi connectivity index (χ3n) is 9.13. The van der Waals surface area contributed by atoms with Crippen LogP contribution in [0.2, 0.25) is 0 Å². The first kappa shape index (κ1) is 24.3. The molecule has 0 unspecified atom stereocenters. The highest BCUT2D eigenvalue weighted by Crippen LogP contribution is 2.45. The normalized spacial score (nSPS) is 13.2. The maximum Gasteiger partial charge on any atom is 0.138 e. The van der Waals surface area contributed by atoms with Crippen molar-refractivity contribution in [3.05, 3.63) is 156 Å². The number of hydrogen-bond acceptors (Lipinski definition) is 2. The van der Waals surface area contributed by atoms with Gasteiger partial charge in [0.05, 0.1) is 5.69 Å². The summed E-state index contributed by atoms with van der Waals surface area (Å²) in [7, 11) is 0.